The summed E-state index contributed by atoms with van der Waals surface area (Å²) in [5, 5.41) is 4.66. The normalized spacial score (nSPS) is 15.7. The zero-order chi connectivity index (χ0) is 22.9. The Morgan fingerprint density at radius 1 is 1.18 bits per heavy atom. The van der Waals surface area contributed by atoms with Gasteiger partial charge in [0.15, 0.2) is 5.82 Å². The first-order chi connectivity index (χ1) is 16.0. The van der Waals surface area contributed by atoms with Gasteiger partial charge in [-0.2, -0.15) is 5.10 Å². The van der Waals surface area contributed by atoms with Crippen LogP contribution in [0.25, 0.3) is 17.8 Å². The Balaban J connectivity index is 1.42. The largest absolute Gasteiger partial charge is 0.479 e. The molecule has 1 aliphatic heterocycles. The molecular weight excluding hydrogens is 487 g/mol. The zero-order valence-corrected chi connectivity index (χ0v) is 19.8. The number of hydrogen-bond donors (Lipinski definition) is 0. The second-order valence-corrected chi connectivity index (χ2v) is 8.79. The molecule has 5 rings (SSSR count). The maximum absolute atomic E-state index is 13.6. The number of nitrogens with zero attached hydrogens (tertiary/aromatic N) is 6. The standard InChI is InChI=1S/C24H22BrFN6O/c1-15-13-31(14-27-15)21-9-6-17(28-24(21)33-2)7-10-22-29-23-19(4-3-11-32(23)30-22)18-8-5-16(26)12-20(18)25/h5-10,12-14,19H,3-4,11H2,1-2H3/b10-7+. The quantitative estimate of drug-likeness (QED) is 0.371. The second kappa shape index (κ2) is 8.90. The highest BCUT2D eigenvalue weighted by atomic mass is 79.9. The summed E-state index contributed by atoms with van der Waals surface area (Å²) in [5.74, 6) is 1.82. The molecule has 0 N–H and O–H groups in total. The van der Waals surface area contributed by atoms with Crippen molar-refractivity contribution < 1.29 is 9.13 Å². The van der Waals surface area contributed by atoms with Gasteiger partial charge in [0.05, 0.1) is 24.8 Å². The van der Waals surface area contributed by atoms with Crippen LogP contribution < -0.4 is 4.74 Å². The fourth-order valence-electron chi connectivity index (χ4n) is 4.12. The van der Waals surface area contributed by atoms with Crippen LogP contribution in [0.4, 0.5) is 4.39 Å². The van der Waals surface area contributed by atoms with Gasteiger partial charge in [-0.05, 0) is 61.7 Å². The monoisotopic (exact) mass is 508 g/mol. The molecule has 9 heteroatoms. The molecule has 1 atom stereocenters. The van der Waals surface area contributed by atoms with Gasteiger partial charge < -0.3 is 9.30 Å². The van der Waals surface area contributed by atoms with E-state index >= 15 is 0 Å². The molecule has 168 valence electrons. The molecule has 7 nitrogen and oxygen atoms in total. The molecule has 4 aromatic rings. The minimum absolute atomic E-state index is 0.0690. The number of methoxy groups -OCH3 is 1. The van der Waals surface area contributed by atoms with Crippen molar-refractivity contribution in [1.82, 2.24) is 29.3 Å². The van der Waals surface area contributed by atoms with E-state index in [0.717, 1.165) is 52.3 Å². The number of ether oxygens (including phenoxy) is 1. The van der Waals surface area contributed by atoms with Crippen molar-refractivity contribution in [3.63, 3.8) is 0 Å². The first-order valence-corrected chi connectivity index (χ1v) is 11.4. The number of aryl methyl sites for hydroxylation is 2. The Morgan fingerprint density at radius 2 is 2.06 bits per heavy atom. The first kappa shape index (κ1) is 21.5. The molecule has 1 aromatic carbocycles. The predicted molar refractivity (Wildman–Crippen MR) is 127 cm³/mol. The number of benzene rings is 1. The van der Waals surface area contributed by atoms with E-state index in [0.29, 0.717) is 11.7 Å². The molecule has 1 aliphatic rings. The second-order valence-electron chi connectivity index (χ2n) is 7.93. The van der Waals surface area contributed by atoms with E-state index in [1.165, 1.54) is 12.1 Å². The average Bonchev–Trinajstić information content (AvgIpc) is 3.43. The van der Waals surface area contributed by atoms with E-state index in [9.17, 15) is 4.39 Å². The molecule has 0 amide bonds. The highest BCUT2D eigenvalue weighted by molar-refractivity contribution is 9.10. The summed E-state index contributed by atoms with van der Waals surface area (Å²) >= 11 is 3.50. The molecule has 4 heterocycles. The van der Waals surface area contributed by atoms with E-state index in [2.05, 4.69) is 31.0 Å². The van der Waals surface area contributed by atoms with Gasteiger partial charge in [0, 0.05) is 23.1 Å². The van der Waals surface area contributed by atoms with Crippen LogP contribution in [-0.2, 0) is 6.54 Å². The third-order valence-electron chi connectivity index (χ3n) is 5.68. The smallest absolute Gasteiger partial charge is 0.238 e. The Labute approximate surface area is 199 Å². The zero-order valence-electron chi connectivity index (χ0n) is 18.2. The van der Waals surface area contributed by atoms with Crippen LogP contribution in [0.1, 0.15) is 47.4 Å². The predicted octanol–water partition coefficient (Wildman–Crippen LogP) is 5.17. The van der Waals surface area contributed by atoms with Crippen LogP contribution in [0.2, 0.25) is 0 Å². The van der Waals surface area contributed by atoms with Crippen LogP contribution in [0.15, 0.2) is 47.3 Å². The van der Waals surface area contributed by atoms with E-state index in [1.807, 2.05) is 52.7 Å². The van der Waals surface area contributed by atoms with Gasteiger partial charge in [-0.3, -0.25) is 0 Å². The van der Waals surface area contributed by atoms with Crippen LogP contribution in [-0.4, -0.2) is 36.4 Å². The third-order valence-corrected chi connectivity index (χ3v) is 6.36. The lowest BCUT2D eigenvalue weighted by molar-refractivity contribution is 0.395. The third kappa shape index (κ3) is 4.32. The number of rotatable bonds is 5. The number of pyridine rings is 1. The minimum atomic E-state index is -0.261. The molecule has 0 aliphatic carbocycles. The molecule has 3 aromatic heterocycles. The maximum Gasteiger partial charge on any atom is 0.238 e. The lowest BCUT2D eigenvalue weighted by Crippen LogP contribution is -2.18. The Kier molecular flexibility index (Phi) is 5.80. The number of hydrogen-bond acceptors (Lipinski definition) is 5. The van der Waals surface area contributed by atoms with E-state index in [4.69, 9.17) is 9.72 Å². The summed E-state index contributed by atoms with van der Waals surface area (Å²) in [5.41, 5.74) is 3.50. The molecule has 0 saturated carbocycles. The van der Waals surface area contributed by atoms with Gasteiger partial charge in [0.1, 0.15) is 17.3 Å². The average molecular weight is 509 g/mol. The van der Waals surface area contributed by atoms with Crippen molar-refractivity contribution >= 4 is 28.1 Å². The highest BCUT2D eigenvalue weighted by Crippen LogP contribution is 2.36. The van der Waals surface area contributed by atoms with E-state index < -0.39 is 0 Å². The van der Waals surface area contributed by atoms with Gasteiger partial charge in [0.2, 0.25) is 5.88 Å². The van der Waals surface area contributed by atoms with Crippen LogP contribution in [0.5, 0.6) is 5.88 Å². The van der Waals surface area contributed by atoms with Crippen LogP contribution >= 0.6 is 15.9 Å². The lowest BCUT2D eigenvalue weighted by Gasteiger charge is -2.23. The van der Waals surface area contributed by atoms with Crippen molar-refractivity contribution in [2.75, 3.05) is 7.11 Å². The summed E-state index contributed by atoms with van der Waals surface area (Å²) in [6, 6.07) is 8.67. The van der Waals surface area contributed by atoms with Crippen molar-refractivity contribution in [2.24, 2.45) is 0 Å². The minimum Gasteiger partial charge on any atom is -0.479 e. The van der Waals surface area contributed by atoms with E-state index in [-0.39, 0.29) is 11.7 Å². The molecule has 0 spiro atoms. The Hall–Kier alpha value is -3.33. The fraction of sp³-hybridized carbons (Fsp3) is 0.250. The van der Waals surface area contributed by atoms with Gasteiger partial charge >= 0.3 is 0 Å². The van der Waals surface area contributed by atoms with Gasteiger partial charge in [0.25, 0.3) is 0 Å². The van der Waals surface area contributed by atoms with Crippen molar-refractivity contribution in [3.05, 3.63) is 81.7 Å². The SMILES string of the molecule is COc1nc(/C=C/c2nc3n(n2)CCCC3c2ccc(F)cc2Br)ccc1-n1cnc(C)c1. The fourth-order valence-corrected chi connectivity index (χ4v) is 4.75. The van der Waals surface area contributed by atoms with E-state index in [1.54, 1.807) is 13.4 Å². The molecule has 0 saturated heterocycles. The number of halogens is 2. The van der Waals surface area contributed by atoms with Gasteiger partial charge in [-0.1, -0.05) is 22.0 Å². The molecule has 1 unspecified atom stereocenters. The van der Waals surface area contributed by atoms with Crippen molar-refractivity contribution in [3.8, 4) is 11.6 Å². The molecule has 0 bridgehead atoms. The summed E-state index contributed by atoms with van der Waals surface area (Å²) in [4.78, 5) is 13.6. The Morgan fingerprint density at radius 3 is 2.82 bits per heavy atom. The van der Waals surface area contributed by atoms with Crippen molar-refractivity contribution in [2.45, 2.75) is 32.2 Å². The number of imidazole rings is 1. The highest BCUT2D eigenvalue weighted by Gasteiger charge is 2.27. The molecule has 33 heavy (non-hydrogen) atoms. The molecule has 0 radical (unpaired) electrons. The van der Waals surface area contributed by atoms with Gasteiger partial charge in [-0.15, -0.1) is 0 Å². The Bertz CT molecular complexity index is 1340. The first-order valence-electron chi connectivity index (χ1n) is 10.7. The topological polar surface area (TPSA) is 70.7 Å². The summed E-state index contributed by atoms with van der Waals surface area (Å²) in [6.07, 6.45) is 9.31. The maximum atomic E-state index is 13.6. The number of aromatic nitrogens is 6. The number of fused-ring (bicyclic) bond motifs is 1. The summed E-state index contributed by atoms with van der Waals surface area (Å²) in [7, 11) is 1.60. The van der Waals surface area contributed by atoms with Crippen molar-refractivity contribution in [1.29, 1.82) is 0 Å². The molecule has 0 fully saturated rings. The molecular formula is C24H22BrFN6O. The van der Waals surface area contributed by atoms with Gasteiger partial charge in [-0.25, -0.2) is 24.0 Å². The van der Waals surface area contributed by atoms with Crippen LogP contribution in [0, 0.1) is 12.7 Å². The summed E-state index contributed by atoms with van der Waals surface area (Å²) < 4.78 is 23.6. The summed E-state index contributed by atoms with van der Waals surface area (Å²) in [6.45, 7) is 2.75. The lowest BCUT2D eigenvalue weighted by atomic mass is 9.91. The van der Waals surface area contributed by atoms with Crippen LogP contribution in [0.3, 0.4) is 0 Å².